The quantitative estimate of drug-likeness (QED) is 0.724. The molecule has 1 aromatic rings. The van der Waals surface area contributed by atoms with Crippen LogP contribution < -0.4 is 5.32 Å². The molecule has 1 heterocycles. The maximum Gasteiger partial charge on any atom is 0.317 e. The second-order valence-corrected chi connectivity index (χ2v) is 6.71. The Hall–Kier alpha value is -1.10. The van der Waals surface area contributed by atoms with Crippen molar-refractivity contribution in [3.63, 3.8) is 0 Å². The molecular weight excluding hydrogens is 284 g/mol. The van der Waals surface area contributed by atoms with Gasteiger partial charge in [-0.15, -0.1) is 11.3 Å². The topological polar surface area (TPSA) is 51.2 Å². The van der Waals surface area contributed by atoms with Crippen molar-refractivity contribution in [1.29, 1.82) is 0 Å². The first-order chi connectivity index (χ1) is 9.85. The molecule has 0 amide bonds. The maximum atomic E-state index is 12.1. The summed E-state index contributed by atoms with van der Waals surface area (Å²) >= 11 is 1.55. The zero-order valence-electron chi connectivity index (χ0n) is 14.1. The fourth-order valence-corrected chi connectivity index (χ4v) is 3.27. The van der Waals surface area contributed by atoms with Gasteiger partial charge in [-0.2, -0.15) is 0 Å². The van der Waals surface area contributed by atoms with Crippen LogP contribution in [0, 0.1) is 0 Å². The standard InChI is InChI=1S/C16H28N2O2S/c1-7-16(8-2,9-3)18-14-17-12(11-21-14)15(5,6)13(19)20-10-4/h11H,7-10H2,1-6H3,(H,17,18). The van der Waals surface area contributed by atoms with Gasteiger partial charge < -0.3 is 10.1 Å². The Morgan fingerprint density at radius 3 is 2.29 bits per heavy atom. The Morgan fingerprint density at radius 1 is 1.24 bits per heavy atom. The molecule has 5 heteroatoms. The van der Waals surface area contributed by atoms with E-state index in [2.05, 4.69) is 31.1 Å². The lowest BCUT2D eigenvalue weighted by atomic mass is 9.90. The summed E-state index contributed by atoms with van der Waals surface area (Å²) in [6, 6.07) is 0. The lowest BCUT2D eigenvalue weighted by molar-refractivity contribution is -0.148. The van der Waals surface area contributed by atoms with Crippen LogP contribution in [-0.2, 0) is 14.9 Å². The van der Waals surface area contributed by atoms with Crippen molar-refractivity contribution in [3.05, 3.63) is 11.1 Å². The largest absolute Gasteiger partial charge is 0.465 e. The summed E-state index contributed by atoms with van der Waals surface area (Å²) in [6.45, 7) is 12.5. The average molecular weight is 312 g/mol. The zero-order valence-corrected chi connectivity index (χ0v) is 14.9. The van der Waals surface area contributed by atoms with Crippen LogP contribution in [0.4, 0.5) is 5.13 Å². The van der Waals surface area contributed by atoms with Gasteiger partial charge in [0.15, 0.2) is 5.13 Å². The number of carbonyl (C=O) groups is 1. The number of aromatic nitrogens is 1. The third kappa shape index (κ3) is 3.96. The summed E-state index contributed by atoms with van der Waals surface area (Å²) in [5, 5.41) is 6.39. The molecule has 21 heavy (non-hydrogen) atoms. The summed E-state index contributed by atoms with van der Waals surface area (Å²) in [6.07, 6.45) is 3.16. The molecule has 1 rings (SSSR count). The van der Waals surface area contributed by atoms with Crippen molar-refractivity contribution in [2.45, 2.75) is 71.8 Å². The van der Waals surface area contributed by atoms with Crippen LogP contribution in [0.5, 0.6) is 0 Å². The number of hydrogen-bond acceptors (Lipinski definition) is 5. The van der Waals surface area contributed by atoms with Crippen molar-refractivity contribution in [2.75, 3.05) is 11.9 Å². The van der Waals surface area contributed by atoms with Crippen LogP contribution in [0.15, 0.2) is 5.38 Å². The normalized spacial score (nSPS) is 12.3. The number of carbonyl (C=O) groups excluding carboxylic acids is 1. The Morgan fingerprint density at radius 2 is 1.81 bits per heavy atom. The van der Waals surface area contributed by atoms with E-state index in [1.807, 2.05) is 26.2 Å². The molecule has 0 spiro atoms. The first-order valence-electron chi connectivity index (χ1n) is 7.76. The van der Waals surface area contributed by atoms with Gasteiger partial charge in [-0.1, -0.05) is 20.8 Å². The van der Waals surface area contributed by atoms with Crippen molar-refractivity contribution in [2.24, 2.45) is 0 Å². The number of nitrogens with zero attached hydrogens (tertiary/aromatic N) is 1. The molecule has 0 aliphatic carbocycles. The Labute approximate surface area is 132 Å². The Kier molecular flexibility index (Phi) is 6.20. The summed E-state index contributed by atoms with van der Waals surface area (Å²) in [5.41, 5.74) is 0.147. The molecule has 0 saturated heterocycles. The second-order valence-electron chi connectivity index (χ2n) is 5.85. The predicted molar refractivity (Wildman–Crippen MR) is 89.0 cm³/mol. The minimum atomic E-state index is -0.709. The highest BCUT2D eigenvalue weighted by atomic mass is 32.1. The van der Waals surface area contributed by atoms with Crippen LogP contribution >= 0.6 is 11.3 Å². The summed E-state index contributed by atoms with van der Waals surface area (Å²) < 4.78 is 5.14. The van der Waals surface area contributed by atoms with Crippen molar-refractivity contribution in [1.82, 2.24) is 4.98 Å². The van der Waals surface area contributed by atoms with Crippen LogP contribution in [0.3, 0.4) is 0 Å². The molecule has 120 valence electrons. The minimum Gasteiger partial charge on any atom is -0.465 e. The van der Waals surface area contributed by atoms with Crippen LogP contribution in [0.25, 0.3) is 0 Å². The van der Waals surface area contributed by atoms with Gasteiger partial charge in [0.2, 0.25) is 0 Å². The van der Waals surface area contributed by atoms with Crippen molar-refractivity contribution < 1.29 is 9.53 Å². The van der Waals surface area contributed by atoms with E-state index in [4.69, 9.17) is 4.74 Å². The molecule has 0 aliphatic rings. The van der Waals surface area contributed by atoms with Gasteiger partial charge in [0.1, 0.15) is 5.41 Å². The summed E-state index contributed by atoms with van der Waals surface area (Å²) in [5.74, 6) is -0.227. The molecule has 0 bridgehead atoms. The molecule has 0 fully saturated rings. The smallest absolute Gasteiger partial charge is 0.317 e. The van der Waals surface area contributed by atoms with Gasteiger partial charge in [-0.05, 0) is 40.0 Å². The van der Waals surface area contributed by atoms with Gasteiger partial charge in [-0.3, -0.25) is 4.79 Å². The van der Waals surface area contributed by atoms with E-state index in [1.54, 1.807) is 11.3 Å². The van der Waals surface area contributed by atoms with E-state index in [0.29, 0.717) is 6.61 Å². The number of nitrogens with one attached hydrogen (secondary N) is 1. The van der Waals surface area contributed by atoms with Gasteiger partial charge in [0.25, 0.3) is 0 Å². The SMILES string of the molecule is CCOC(=O)C(C)(C)c1csc(NC(CC)(CC)CC)n1. The highest BCUT2D eigenvalue weighted by molar-refractivity contribution is 7.13. The highest BCUT2D eigenvalue weighted by Gasteiger charge is 2.34. The Balaban J connectivity index is 2.93. The van der Waals surface area contributed by atoms with E-state index < -0.39 is 5.41 Å². The number of ether oxygens (including phenoxy) is 1. The van der Waals surface area contributed by atoms with E-state index in [1.165, 1.54) is 0 Å². The zero-order chi connectivity index (χ0) is 16.1. The number of thiazole rings is 1. The first kappa shape index (κ1) is 18.0. The molecule has 0 radical (unpaired) electrons. The van der Waals surface area contributed by atoms with Crippen molar-refractivity contribution >= 4 is 22.4 Å². The molecule has 0 atom stereocenters. The molecular formula is C16H28N2O2S. The van der Waals surface area contributed by atoms with E-state index in [-0.39, 0.29) is 11.5 Å². The first-order valence-corrected chi connectivity index (χ1v) is 8.64. The third-order valence-electron chi connectivity index (χ3n) is 4.33. The lowest BCUT2D eigenvalue weighted by Crippen LogP contribution is -2.36. The molecule has 1 N–H and O–H groups in total. The van der Waals surface area contributed by atoms with Crippen LogP contribution in [0.1, 0.15) is 66.5 Å². The highest BCUT2D eigenvalue weighted by Crippen LogP contribution is 2.32. The summed E-state index contributed by atoms with van der Waals surface area (Å²) in [4.78, 5) is 16.7. The van der Waals surface area contributed by atoms with Gasteiger partial charge >= 0.3 is 5.97 Å². The minimum absolute atomic E-state index is 0.0865. The molecule has 0 aliphatic heterocycles. The van der Waals surface area contributed by atoms with E-state index in [9.17, 15) is 4.79 Å². The lowest BCUT2D eigenvalue weighted by Gasteiger charge is -2.31. The van der Waals surface area contributed by atoms with E-state index in [0.717, 1.165) is 30.1 Å². The third-order valence-corrected chi connectivity index (χ3v) is 5.09. The fourth-order valence-electron chi connectivity index (χ4n) is 2.28. The molecule has 0 saturated carbocycles. The second kappa shape index (κ2) is 7.25. The van der Waals surface area contributed by atoms with Crippen LogP contribution in [0.2, 0.25) is 0 Å². The number of esters is 1. The number of anilines is 1. The summed E-state index contributed by atoms with van der Waals surface area (Å²) in [7, 11) is 0. The molecule has 1 aromatic heterocycles. The predicted octanol–water partition coefficient (Wildman–Crippen LogP) is 4.36. The molecule has 4 nitrogen and oxygen atoms in total. The number of rotatable bonds is 8. The fraction of sp³-hybridized carbons (Fsp3) is 0.750. The number of hydrogen-bond donors (Lipinski definition) is 1. The maximum absolute atomic E-state index is 12.1. The van der Waals surface area contributed by atoms with Crippen molar-refractivity contribution in [3.8, 4) is 0 Å². The molecule has 0 unspecified atom stereocenters. The monoisotopic (exact) mass is 312 g/mol. The Bertz CT molecular complexity index is 456. The van der Waals surface area contributed by atoms with Gasteiger partial charge in [0.05, 0.1) is 12.3 Å². The molecule has 0 aromatic carbocycles. The van der Waals surface area contributed by atoms with Crippen LogP contribution in [-0.4, -0.2) is 23.1 Å². The van der Waals surface area contributed by atoms with Gasteiger partial charge in [-0.25, -0.2) is 4.98 Å². The average Bonchev–Trinajstić information content (AvgIpc) is 2.94. The van der Waals surface area contributed by atoms with E-state index >= 15 is 0 Å². The van der Waals surface area contributed by atoms with Gasteiger partial charge in [0, 0.05) is 10.9 Å².